The van der Waals surface area contributed by atoms with Crippen LogP contribution < -0.4 is 5.32 Å². The van der Waals surface area contributed by atoms with Crippen LogP contribution >= 0.6 is 0 Å². The van der Waals surface area contributed by atoms with E-state index in [0.717, 1.165) is 32.2 Å². The number of hydrogen-bond donors (Lipinski definition) is 1. The molecule has 0 spiro atoms. The molecular weight excluding hydrogens is 280 g/mol. The summed E-state index contributed by atoms with van der Waals surface area (Å²) in [5.41, 5.74) is 1.24. The first-order valence-electron chi connectivity index (χ1n) is 8.16. The summed E-state index contributed by atoms with van der Waals surface area (Å²) in [7, 11) is 0. The van der Waals surface area contributed by atoms with Crippen LogP contribution in [0.5, 0.6) is 0 Å². The predicted octanol–water partition coefficient (Wildman–Crippen LogP) is 2.17. The highest BCUT2D eigenvalue weighted by molar-refractivity contribution is 5.74. The van der Waals surface area contributed by atoms with Gasteiger partial charge in [0.25, 0.3) is 0 Å². The number of hydrogen-bond acceptors (Lipinski definition) is 3. The number of carbonyl (C=O) groups is 1. The maximum Gasteiger partial charge on any atom is 0.317 e. The van der Waals surface area contributed by atoms with Gasteiger partial charge in [0.05, 0.1) is 19.3 Å². The summed E-state index contributed by atoms with van der Waals surface area (Å²) in [6.45, 7) is 2.69. The maximum absolute atomic E-state index is 12.5. The van der Waals surface area contributed by atoms with Gasteiger partial charge in [-0.3, -0.25) is 0 Å². The van der Waals surface area contributed by atoms with Gasteiger partial charge in [0, 0.05) is 13.1 Å². The zero-order valence-corrected chi connectivity index (χ0v) is 12.9. The number of nitrogens with zero attached hydrogens (tertiary/aromatic N) is 1. The molecule has 2 aliphatic heterocycles. The summed E-state index contributed by atoms with van der Waals surface area (Å²) in [5.74, 6) is 0. The highest BCUT2D eigenvalue weighted by Crippen LogP contribution is 2.24. The minimum Gasteiger partial charge on any atom is -0.348 e. The first-order valence-corrected chi connectivity index (χ1v) is 8.16. The third-order valence-corrected chi connectivity index (χ3v) is 4.30. The minimum absolute atomic E-state index is 0.000249. The van der Waals surface area contributed by atoms with E-state index in [2.05, 4.69) is 17.4 Å². The highest BCUT2D eigenvalue weighted by Gasteiger charge is 2.36. The van der Waals surface area contributed by atoms with Crippen molar-refractivity contribution >= 4 is 6.03 Å². The van der Waals surface area contributed by atoms with Gasteiger partial charge >= 0.3 is 6.03 Å². The standard InChI is InChI=1S/C17H24N2O3/c20-17(18-10-9-14-6-2-1-3-7-14)19-11-5-4-8-15(19)16-21-12-13-22-16/h1-3,6-7,15-16H,4-5,8-13H2,(H,18,20)/t15-/m1/s1. The summed E-state index contributed by atoms with van der Waals surface area (Å²) in [6, 6.07) is 10.3. The minimum atomic E-state index is -0.250. The SMILES string of the molecule is O=C(NCCc1ccccc1)N1CCCC[C@@H]1C1OCCO1. The number of benzene rings is 1. The quantitative estimate of drug-likeness (QED) is 0.927. The molecule has 1 aromatic carbocycles. The molecule has 0 saturated carbocycles. The van der Waals surface area contributed by atoms with Gasteiger partial charge in [0.1, 0.15) is 0 Å². The fourth-order valence-electron chi connectivity index (χ4n) is 3.15. The van der Waals surface area contributed by atoms with Gasteiger partial charge < -0.3 is 19.7 Å². The topological polar surface area (TPSA) is 50.8 Å². The van der Waals surface area contributed by atoms with Crippen molar-refractivity contribution in [2.24, 2.45) is 0 Å². The molecule has 0 unspecified atom stereocenters. The number of rotatable bonds is 4. The second-order valence-electron chi connectivity index (χ2n) is 5.83. The molecule has 2 aliphatic rings. The Bertz CT molecular complexity index is 474. The number of nitrogens with one attached hydrogen (secondary N) is 1. The van der Waals surface area contributed by atoms with Crippen LogP contribution in [0.1, 0.15) is 24.8 Å². The van der Waals surface area contributed by atoms with Crippen LogP contribution in [-0.4, -0.2) is 49.6 Å². The van der Waals surface area contributed by atoms with E-state index in [0.29, 0.717) is 19.8 Å². The summed E-state index contributed by atoms with van der Waals surface area (Å²) >= 11 is 0. The lowest BCUT2D eigenvalue weighted by atomic mass is 10.0. The molecule has 22 heavy (non-hydrogen) atoms. The number of ether oxygens (including phenoxy) is 2. The van der Waals surface area contributed by atoms with E-state index in [1.54, 1.807) is 0 Å². The summed E-state index contributed by atoms with van der Waals surface area (Å²) < 4.78 is 11.2. The number of urea groups is 1. The molecule has 3 rings (SSSR count). The van der Waals surface area contributed by atoms with Crippen LogP contribution in [0.3, 0.4) is 0 Å². The first kappa shape index (κ1) is 15.3. The Kier molecular flexibility index (Phi) is 5.29. The van der Waals surface area contributed by atoms with E-state index >= 15 is 0 Å². The number of likely N-dealkylation sites (tertiary alicyclic amines) is 1. The van der Waals surface area contributed by atoms with Gasteiger partial charge in [-0.05, 0) is 31.2 Å². The average Bonchev–Trinajstić information content (AvgIpc) is 3.10. The lowest BCUT2D eigenvalue weighted by Crippen LogP contribution is -2.53. The second-order valence-corrected chi connectivity index (χ2v) is 5.83. The van der Waals surface area contributed by atoms with Gasteiger partial charge in [-0.2, -0.15) is 0 Å². The molecule has 2 amide bonds. The molecule has 0 bridgehead atoms. The summed E-state index contributed by atoms with van der Waals surface area (Å²) in [6.07, 6.45) is 3.73. The van der Waals surface area contributed by atoms with Gasteiger partial charge in [-0.1, -0.05) is 30.3 Å². The Hall–Kier alpha value is -1.59. The van der Waals surface area contributed by atoms with Gasteiger partial charge in [-0.15, -0.1) is 0 Å². The van der Waals surface area contributed by atoms with Crippen LogP contribution in [0.25, 0.3) is 0 Å². The smallest absolute Gasteiger partial charge is 0.317 e. The number of carbonyl (C=O) groups excluding carboxylic acids is 1. The normalized spacial score (nSPS) is 22.7. The van der Waals surface area contributed by atoms with Crippen LogP contribution in [0.4, 0.5) is 4.79 Å². The molecule has 5 heteroatoms. The third kappa shape index (κ3) is 3.78. The Morgan fingerprint density at radius 3 is 2.73 bits per heavy atom. The zero-order chi connectivity index (χ0) is 15.2. The Morgan fingerprint density at radius 1 is 1.18 bits per heavy atom. The van der Waals surface area contributed by atoms with E-state index < -0.39 is 0 Å². The van der Waals surface area contributed by atoms with E-state index in [4.69, 9.17) is 9.47 Å². The molecule has 2 fully saturated rings. The average molecular weight is 304 g/mol. The third-order valence-electron chi connectivity index (χ3n) is 4.30. The van der Waals surface area contributed by atoms with E-state index in [-0.39, 0.29) is 18.4 Å². The van der Waals surface area contributed by atoms with Crippen molar-refractivity contribution in [1.29, 1.82) is 0 Å². The molecule has 1 aromatic rings. The van der Waals surface area contributed by atoms with Crippen LogP contribution in [0, 0.1) is 0 Å². The van der Waals surface area contributed by atoms with Crippen molar-refractivity contribution in [3.05, 3.63) is 35.9 Å². The molecule has 2 heterocycles. The van der Waals surface area contributed by atoms with Crippen LogP contribution in [0.15, 0.2) is 30.3 Å². The zero-order valence-electron chi connectivity index (χ0n) is 12.9. The molecular formula is C17H24N2O3. The van der Waals surface area contributed by atoms with Crippen molar-refractivity contribution < 1.29 is 14.3 Å². The van der Waals surface area contributed by atoms with Crippen molar-refractivity contribution in [2.45, 2.75) is 38.0 Å². The van der Waals surface area contributed by atoms with Crippen molar-refractivity contribution in [3.63, 3.8) is 0 Å². The fourth-order valence-corrected chi connectivity index (χ4v) is 3.15. The fraction of sp³-hybridized carbons (Fsp3) is 0.588. The number of amides is 2. The predicted molar refractivity (Wildman–Crippen MR) is 83.6 cm³/mol. The molecule has 0 radical (unpaired) electrons. The van der Waals surface area contributed by atoms with Gasteiger partial charge in [0.2, 0.25) is 0 Å². The molecule has 120 valence electrons. The largest absolute Gasteiger partial charge is 0.348 e. The van der Waals surface area contributed by atoms with E-state index in [9.17, 15) is 4.79 Å². The number of piperidine rings is 1. The van der Waals surface area contributed by atoms with Crippen LogP contribution in [-0.2, 0) is 15.9 Å². The van der Waals surface area contributed by atoms with E-state index in [1.807, 2.05) is 23.1 Å². The Morgan fingerprint density at radius 2 is 1.95 bits per heavy atom. The van der Waals surface area contributed by atoms with Crippen LogP contribution in [0.2, 0.25) is 0 Å². The Balaban J connectivity index is 1.51. The maximum atomic E-state index is 12.5. The molecule has 1 N–H and O–H groups in total. The van der Waals surface area contributed by atoms with Crippen molar-refractivity contribution in [3.8, 4) is 0 Å². The van der Waals surface area contributed by atoms with E-state index in [1.165, 1.54) is 5.56 Å². The molecule has 2 saturated heterocycles. The van der Waals surface area contributed by atoms with Crippen molar-refractivity contribution in [1.82, 2.24) is 10.2 Å². The molecule has 1 atom stereocenters. The first-order chi connectivity index (χ1) is 10.8. The van der Waals surface area contributed by atoms with Gasteiger partial charge in [0.15, 0.2) is 6.29 Å². The molecule has 0 aliphatic carbocycles. The lowest BCUT2D eigenvalue weighted by molar-refractivity contribution is -0.0982. The Labute approximate surface area is 131 Å². The monoisotopic (exact) mass is 304 g/mol. The molecule has 0 aromatic heterocycles. The molecule has 5 nitrogen and oxygen atoms in total. The summed E-state index contributed by atoms with van der Waals surface area (Å²) in [4.78, 5) is 14.4. The summed E-state index contributed by atoms with van der Waals surface area (Å²) in [5, 5.41) is 3.03. The highest BCUT2D eigenvalue weighted by atomic mass is 16.7. The van der Waals surface area contributed by atoms with Gasteiger partial charge in [-0.25, -0.2) is 4.79 Å². The second kappa shape index (κ2) is 7.61. The lowest BCUT2D eigenvalue weighted by Gasteiger charge is -2.37. The van der Waals surface area contributed by atoms with Crippen molar-refractivity contribution in [2.75, 3.05) is 26.3 Å².